The maximum Gasteiger partial charge on any atom is 0.329 e. The van der Waals surface area contributed by atoms with E-state index in [2.05, 4.69) is 51.0 Å². The molecule has 0 amide bonds. The summed E-state index contributed by atoms with van der Waals surface area (Å²) in [6.45, 7) is 5.55. The minimum Gasteiger partial charge on any atom is -0.378 e. The predicted molar refractivity (Wildman–Crippen MR) is 101 cm³/mol. The minimum absolute atomic E-state index is 0.0845. The lowest BCUT2D eigenvalue weighted by Gasteiger charge is -2.41. The highest BCUT2D eigenvalue weighted by molar-refractivity contribution is 5.54. The van der Waals surface area contributed by atoms with Crippen molar-refractivity contribution in [3.8, 4) is 0 Å². The highest BCUT2D eigenvalue weighted by atomic mass is 16.6. The number of nitrogens with two attached hydrogens (primary N) is 1. The molecule has 1 aromatic carbocycles. The fraction of sp³-hybridized carbons (Fsp3) is 0.444. The number of hydrogen-bond donors (Lipinski definition) is 1. The number of nitro groups is 1. The largest absolute Gasteiger partial charge is 0.378 e. The summed E-state index contributed by atoms with van der Waals surface area (Å²) in [4.78, 5) is 23.2. The van der Waals surface area contributed by atoms with Gasteiger partial charge >= 0.3 is 5.69 Å². The van der Waals surface area contributed by atoms with Gasteiger partial charge in [-0.1, -0.05) is 43.7 Å². The van der Waals surface area contributed by atoms with E-state index < -0.39 is 4.92 Å². The van der Waals surface area contributed by atoms with E-state index in [1.165, 1.54) is 11.8 Å². The summed E-state index contributed by atoms with van der Waals surface area (Å²) in [5, 5.41) is 10.9. The Labute approximate surface area is 152 Å². The van der Waals surface area contributed by atoms with Crippen LogP contribution in [0.3, 0.4) is 0 Å². The fourth-order valence-corrected chi connectivity index (χ4v) is 3.38. The van der Waals surface area contributed by atoms with Crippen molar-refractivity contribution in [3.63, 3.8) is 0 Å². The summed E-state index contributed by atoms with van der Waals surface area (Å²) in [6, 6.07) is 10.8. The fourth-order valence-electron chi connectivity index (χ4n) is 3.38. The van der Waals surface area contributed by atoms with Gasteiger partial charge in [-0.2, -0.15) is 4.98 Å². The van der Waals surface area contributed by atoms with Crippen LogP contribution in [0.4, 0.5) is 17.5 Å². The number of nitrogen functional groups attached to an aromatic ring is 1. The van der Waals surface area contributed by atoms with Gasteiger partial charge in [0.2, 0.25) is 11.8 Å². The van der Waals surface area contributed by atoms with E-state index in [0.29, 0.717) is 12.0 Å². The zero-order valence-corrected chi connectivity index (χ0v) is 14.9. The second kappa shape index (κ2) is 8.09. The molecule has 1 aliphatic heterocycles. The summed E-state index contributed by atoms with van der Waals surface area (Å²) in [5.74, 6) is 0.382. The van der Waals surface area contributed by atoms with Crippen LogP contribution in [-0.4, -0.2) is 45.5 Å². The number of piperazine rings is 1. The maximum absolute atomic E-state index is 10.9. The normalized spacial score (nSPS) is 18.0. The molecular weight excluding hydrogens is 332 g/mol. The second-order valence-electron chi connectivity index (χ2n) is 6.54. The first kappa shape index (κ1) is 18.1. The van der Waals surface area contributed by atoms with Crippen molar-refractivity contribution >= 4 is 17.5 Å². The van der Waals surface area contributed by atoms with E-state index >= 15 is 0 Å². The van der Waals surface area contributed by atoms with Crippen molar-refractivity contribution in [2.45, 2.75) is 32.4 Å². The van der Waals surface area contributed by atoms with Gasteiger partial charge < -0.3 is 10.6 Å². The molecule has 8 nitrogen and oxygen atoms in total. The first-order valence-corrected chi connectivity index (χ1v) is 8.88. The minimum atomic E-state index is -0.559. The molecule has 0 saturated carbocycles. The third-order valence-electron chi connectivity index (χ3n) is 4.72. The first-order chi connectivity index (χ1) is 12.6. The molecule has 0 spiro atoms. The van der Waals surface area contributed by atoms with Gasteiger partial charge in [0, 0.05) is 32.2 Å². The summed E-state index contributed by atoms with van der Waals surface area (Å²) in [7, 11) is 0. The van der Waals surface area contributed by atoms with Crippen LogP contribution in [-0.2, 0) is 6.54 Å². The Morgan fingerprint density at radius 3 is 2.73 bits per heavy atom. The molecular formula is C18H24N6O2. The number of benzene rings is 1. The molecule has 1 aliphatic rings. The maximum atomic E-state index is 10.9. The van der Waals surface area contributed by atoms with Crippen LogP contribution in [0.2, 0.25) is 0 Å². The SMILES string of the molecule is CCCC1CN(c2ncc([N+](=O)[O-])c(N)n2)CCN1Cc1ccccc1. The molecule has 1 fully saturated rings. The van der Waals surface area contributed by atoms with Crippen molar-refractivity contribution in [2.24, 2.45) is 0 Å². The molecule has 0 radical (unpaired) electrons. The highest BCUT2D eigenvalue weighted by Crippen LogP contribution is 2.24. The third kappa shape index (κ3) is 4.08. The van der Waals surface area contributed by atoms with E-state index in [4.69, 9.17) is 5.73 Å². The number of nitrogens with zero attached hydrogens (tertiary/aromatic N) is 5. The Bertz CT molecular complexity index is 755. The smallest absolute Gasteiger partial charge is 0.329 e. The van der Waals surface area contributed by atoms with Crippen molar-refractivity contribution in [2.75, 3.05) is 30.3 Å². The van der Waals surface area contributed by atoms with Crippen LogP contribution in [0.25, 0.3) is 0 Å². The Morgan fingerprint density at radius 2 is 2.08 bits per heavy atom. The summed E-state index contributed by atoms with van der Waals surface area (Å²) in [5.41, 5.74) is 6.78. The van der Waals surface area contributed by atoms with Gasteiger partial charge in [0.05, 0.1) is 4.92 Å². The van der Waals surface area contributed by atoms with E-state index in [0.717, 1.165) is 39.0 Å². The molecule has 26 heavy (non-hydrogen) atoms. The van der Waals surface area contributed by atoms with Gasteiger partial charge in [-0.15, -0.1) is 0 Å². The van der Waals surface area contributed by atoms with Crippen LogP contribution in [0.1, 0.15) is 25.3 Å². The molecule has 8 heteroatoms. The van der Waals surface area contributed by atoms with Crippen LogP contribution in [0, 0.1) is 10.1 Å². The zero-order chi connectivity index (χ0) is 18.5. The molecule has 1 atom stereocenters. The predicted octanol–water partition coefficient (Wildman–Crippen LogP) is 2.46. The average Bonchev–Trinajstić information content (AvgIpc) is 2.64. The number of hydrogen-bond acceptors (Lipinski definition) is 7. The van der Waals surface area contributed by atoms with Gasteiger partial charge in [0.15, 0.2) is 0 Å². The Balaban J connectivity index is 1.73. The molecule has 1 saturated heterocycles. The Morgan fingerprint density at radius 1 is 1.31 bits per heavy atom. The molecule has 3 rings (SSSR count). The van der Waals surface area contributed by atoms with Crippen molar-refractivity contribution in [1.29, 1.82) is 0 Å². The Hall–Kier alpha value is -2.74. The zero-order valence-electron chi connectivity index (χ0n) is 14.9. The molecule has 2 aromatic rings. The van der Waals surface area contributed by atoms with Gasteiger partial charge in [-0.05, 0) is 12.0 Å². The first-order valence-electron chi connectivity index (χ1n) is 8.88. The lowest BCUT2D eigenvalue weighted by molar-refractivity contribution is -0.384. The lowest BCUT2D eigenvalue weighted by atomic mass is 10.1. The van der Waals surface area contributed by atoms with Gasteiger partial charge in [0.25, 0.3) is 0 Å². The van der Waals surface area contributed by atoms with Crippen molar-refractivity contribution in [1.82, 2.24) is 14.9 Å². The number of aromatic nitrogens is 2. The van der Waals surface area contributed by atoms with Crippen LogP contribution in [0.5, 0.6) is 0 Å². The monoisotopic (exact) mass is 356 g/mol. The van der Waals surface area contributed by atoms with Crippen LogP contribution < -0.4 is 10.6 Å². The van der Waals surface area contributed by atoms with Crippen molar-refractivity contribution in [3.05, 3.63) is 52.2 Å². The standard InChI is InChI=1S/C18H24N6O2/c1-2-6-15-13-23(18-20-11-16(24(25)26)17(19)21-18)10-9-22(15)12-14-7-4-3-5-8-14/h3-5,7-8,11,15H,2,6,9-10,12-13H2,1H3,(H2,19,20,21). The summed E-state index contributed by atoms with van der Waals surface area (Å²) < 4.78 is 0. The highest BCUT2D eigenvalue weighted by Gasteiger charge is 2.28. The van der Waals surface area contributed by atoms with Crippen LogP contribution in [0.15, 0.2) is 36.5 Å². The van der Waals surface area contributed by atoms with E-state index in [1.54, 1.807) is 0 Å². The van der Waals surface area contributed by atoms with E-state index in [9.17, 15) is 10.1 Å². The van der Waals surface area contributed by atoms with Crippen molar-refractivity contribution < 1.29 is 4.92 Å². The average molecular weight is 356 g/mol. The molecule has 2 N–H and O–H groups in total. The van der Waals surface area contributed by atoms with Gasteiger partial charge in [-0.25, -0.2) is 4.98 Å². The number of rotatable bonds is 6. The van der Waals surface area contributed by atoms with E-state index in [1.807, 2.05) is 6.07 Å². The lowest BCUT2D eigenvalue weighted by Crippen LogP contribution is -2.53. The number of anilines is 2. The summed E-state index contributed by atoms with van der Waals surface area (Å²) in [6.07, 6.45) is 3.36. The molecule has 138 valence electrons. The topological polar surface area (TPSA) is 101 Å². The third-order valence-corrected chi connectivity index (χ3v) is 4.72. The van der Waals surface area contributed by atoms with Gasteiger partial charge in [-0.3, -0.25) is 15.0 Å². The summed E-state index contributed by atoms with van der Waals surface area (Å²) >= 11 is 0. The molecule has 1 aromatic heterocycles. The Kier molecular flexibility index (Phi) is 5.62. The van der Waals surface area contributed by atoms with Gasteiger partial charge in [0.1, 0.15) is 6.20 Å². The molecule has 2 heterocycles. The molecule has 0 bridgehead atoms. The van der Waals surface area contributed by atoms with Crippen LogP contribution >= 0.6 is 0 Å². The quantitative estimate of drug-likeness (QED) is 0.626. The van der Waals surface area contributed by atoms with E-state index in [-0.39, 0.29) is 11.5 Å². The second-order valence-corrected chi connectivity index (χ2v) is 6.54. The molecule has 1 unspecified atom stereocenters. The molecule has 0 aliphatic carbocycles.